The number of carbonyl (C=O) groups is 1. The van der Waals surface area contributed by atoms with Crippen molar-refractivity contribution in [3.63, 3.8) is 0 Å². The maximum absolute atomic E-state index is 13.3. The predicted octanol–water partition coefficient (Wildman–Crippen LogP) is 3.01. The molecular weight excluding hydrogens is 413 g/mol. The molecule has 1 amide bonds. The quantitative estimate of drug-likeness (QED) is 0.727. The van der Waals surface area contributed by atoms with E-state index in [-0.39, 0.29) is 36.3 Å². The molecule has 0 spiro atoms. The number of nitrogens with one attached hydrogen (secondary N) is 1. The van der Waals surface area contributed by atoms with Crippen molar-refractivity contribution in [3.05, 3.63) is 41.1 Å². The minimum atomic E-state index is -1.52. The number of ether oxygens (including phenoxy) is 2. The molecule has 2 aliphatic heterocycles. The van der Waals surface area contributed by atoms with Gasteiger partial charge >= 0.3 is 0 Å². The Labute approximate surface area is 177 Å². The van der Waals surface area contributed by atoms with Crippen molar-refractivity contribution in [2.24, 2.45) is 5.92 Å². The summed E-state index contributed by atoms with van der Waals surface area (Å²) in [5, 5.41) is 2.86. The number of amides is 1. The Balaban J connectivity index is 1.37. The largest absolute Gasteiger partial charge is 0.491 e. The number of likely N-dealkylation sites (N-methyl/N-ethyl adjacent to an activating group) is 1. The molecule has 4 rings (SSSR count). The number of halogens is 3. The first-order chi connectivity index (χ1) is 14.7. The summed E-state index contributed by atoms with van der Waals surface area (Å²) >= 11 is 0. The van der Waals surface area contributed by atoms with Crippen LogP contribution in [0.25, 0.3) is 0 Å². The average Bonchev–Trinajstić information content (AvgIpc) is 3.17. The first kappa shape index (κ1) is 21.4. The molecule has 7 nitrogen and oxygen atoms in total. The molecule has 2 aromatic rings. The van der Waals surface area contributed by atoms with Gasteiger partial charge in [0.1, 0.15) is 29.9 Å². The van der Waals surface area contributed by atoms with Crippen molar-refractivity contribution < 1.29 is 27.4 Å². The van der Waals surface area contributed by atoms with E-state index in [4.69, 9.17) is 9.47 Å². The Bertz CT molecular complexity index is 997. The number of hydrogen-bond acceptors (Lipinski definition) is 6. The summed E-state index contributed by atoms with van der Waals surface area (Å²) in [6.07, 6.45) is 0.983. The number of fused-ring (bicyclic) bond motifs is 1. The number of anilines is 2. The van der Waals surface area contributed by atoms with E-state index in [1.165, 1.54) is 0 Å². The summed E-state index contributed by atoms with van der Waals surface area (Å²) in [6, 6.07) is 1.29. The normalized spacial score (nSPS) is 23.0. The SMILES string of the molecule is Cc1nc(C[C@@H]2CO[C@@H](COc3cc(F)c(F)c(F)c3)C2)nc2c1NC(=O)[C@H](C)N2C. The van der Waals surface area contributed by atoms with Crippen LogP contribution in [0.1, 0.15) is 24.9 Å². The van der Waals surface area contributed by atoms with Gasteiger partial charge < -0.3 is 19.7 Å². The molecule has 1 fully saturated rings. The smallest absolute Gasteiger partial charge is 0.246 e. The number of hydrogen-bond donors (Lipinski definition) is 1. The first-order valence-electron chi connectivity index (χ1n) is 10.0. The number of carbonyl (C=O) groups excluding carboxylic acids is 1. The van der Waals surface area contributed by atoms with Gasteiger partial charge in [-0.15, -0.1) is 0 Å². The topological polar surface area (TPSA) is 76.6 Å². The molecular formula is C21H23F3N4O3. The third-order valence-electron chi connectivity index (χ3n) is 5.69. The highest BCUT2D eigenvalue weighted by Crippen LogP contribution is 2.32. The maximum atomic E-state index is 13.3. The zero-order valence-corrected chi connectivity index (χ0v) is 17.4. The third kappa shape index (κ3) is 4.30. The number of benzene rings is 1. The van der Waals surface area contributed by atoms with Crippen LogP contribution in [0.4, 0.5) is 24.7 Å². The van der Waals surface area contributed by atoms with Gasteiger partial charge in [0.25, 0.3) is 0 Å². The number of rotatable bonds is 5. The van der Waals surface area contributed by atoms with E-state index in [0.717, 1.165) is 12.1 Å². The molecule has 10 heteroatoms. The van der Waals surface area contributed by atoms with Crippen LogP contribution >= 0.6 is 0 Å². The second-order valence-electron chi connectivity index (χ2n) is 7.97. The lowest BCUT2D eigenvalue weighted by Crippen LogP contribution is -2.45. The van der Waals surface area contributed by atoms with Gasteiger partial charge in [0, 0.05) is 25.6 Å². The van der Waals surface area contributed by atoms with E-state index in [1.807, 2.05) is 25.8 Å². The molecule has 3 atom stereocenters. The molecule has 3 heterocycles. The summed E-state index contributed by atoms with van der Waals surface area (Å²) in [4.78, 5) is 23.0. The van der Waals surface area contributed by atoms with E-state index >= 15 is 0 Å². The molecule has 2 aliphatic rings. The van der Waals surface area contributed by atoms with Gasteiger partial charge in [-0.25, -0.2) is 23.1 Å². The molecule has 1 saturated heterocycles. The zero-order chi connectivity index (χ0) is 22.3. The molecule has 1 N–H and O–H groups in total. The molecule has 0 radical (unpaired) electrons. The van der Waals surface area contributed by atoms with Gasteiger partial charge in [-0.3, -0.25) is 4.79 Å². The molecule has 0 saturated carbocycles. The zero-order valence-electron chi connectivity index (χ0n) is 17.4. The van der Waals surface area contributed by atoms with Crippen LogP contribution in [-0.2, 0) is 16.0 Å². The van der Waals surface area contributed by atoms with Crippen molar-refractivity contribution >= 4 is 17.4 Å². The summed E-state index contributed by atoms with van der Waals surface area (Å²) in [5.41, 5.74) is 1.33. The molecule has 1 aromatic carbocycles. The fourth-order valence-corrected chi connectivity index (χ4v) is 3.80. The molecule has 1 aromatic heterocycles. The second kappa shape index (κ2) is 8.33. The standard InChI is InChI=1S/C21H23F3N4O3/c1-10-19-20(28(3)11(2)21(29)27-19)26-17(25-10)5-12-4-14(30-8-12)9-31-13-6-15(22)18(24)16(23)7-13/h6-7,11-12,14H,4-5,8-9H2,1-3H3,(H,27,29)/t11-,12+,14+/m0/s1. The predicted molar refractivity (Wildman–Crippen MR) is 107 cm³/mol. The molecule has 0 aliphatic carbocycles. The summed E-state index contributed by atoms with van der Waals surface area (Å²) in [6.45, 7) is 4.21. The summed E-state index contributed by atoms with van der Waals surface area (Å²) < 4.78 is 50.8. The Hall–Kier alpha value is -2.88. The van der Waals surface area contributed by atoms with Gasteiger partial charge in [-0.05, 0) is 26.2 Å². The van der Waals surface area contributed by atoms with Crippen LogP contribution in [-0.4, -0.2) is 48.3 Å². The van der Waals surface area contributed by atoms with Crippen molar-refractivity contribution in [2.45, 2.75) is 38.8 Å². The fraction of sp³-hybridized carbons (Fsp3) is 0.476. The second-order valence-corrected chi connectivity index (χ2v) is 7.97. The number of aryl methyl sites for hydroxylation is 1. The Morgan fingerprint density at radius 3 is 2.68 bits per heavy atom. The molecule has 0 unspecified atom stereocenters. The monoisotopic (exact) mass is 436 g/mol. The highest BCUT2D eigenvalue weighted by atomic mass is 19.2. The van der Waals surface area contributed by atoms with Gasteiger partial charge in [0.2, 0.25) is 5.91 Å². The van der Waals surface area contributed by atoms with Crippen LogP contribution in [0.3, 0.4) is 0 Å². The van der Waals surface area contributed by atoms with Crippen molar-refractivity contribution in [2.75, 3.05) is 30.5 Å². The molecule has 166 valence electrons. The highest BCUT2D eigenvalue weighted by molar-refractivity contribution is 6.02. The van der Waals surface area contributed by atoms with E-state index in [2.05, 4.69) is 15.3 Å². The van der Waals surface area contributed by atoms with E-state index in [9.17, 15) is 18.0 Å². The van der Waals surface area contributed by atoms with E-state index in [0.29, 0.717) is 42.5 Å². The number of aromatic nitrogens is 2. The maximum Gasteiger partial charge on any atom is 0.246 e. The van der Waals surface area contributed by atoms with Crippen LogP contribution in [0.2, 0.25) is 0 Å². The van der Waals surface area contributed by atoms with Gasteiger partial charge in [0.05, 0.1) is 18.4 Å². The lowest BCUT2D eigenvalue weighted by atomic mass is 10.0. The fourth-order valence-electron chi connectivity index (χ4n) is 3.80. The van der Waals surface area contributed by atoms with Crippen LogP contribution in [0.5, 0.6) is 5.75 Å². The summed E-state index contributed by atoms with van der Waals surface area (Å²) in [5.74, 6) is -2.80. The Morgan fingerprint density at radius 1 is 1.26 bits per heavy atom. The van der Waals surface area contributed by atoms with Crippen molar-refractivity contribution in [1.82, 2.24) is 9.97 Å². The van der Waals surface area contributed by atoms with Crippen LogP contribution in [0, 0.1) is 30.3 Å². The Kier molecular flexibility index (Phi) is 5.74. The average molecular weight is 436 g/mol. The number of nitrogens with zero attached hydrogens (tertiary/aromatic N) is 3. The van der Waals surface area contributed by atoms with E-state index < -0.39 is 17.5 Å². The van der Waals surface area contributed by atoms with Crippen LogP contribution < -0.4 is 15.0 Å². The van der Waals surface area contributed by atoms with E-state index in [1.54, 1.807) is 0 Å². The lowest BCUT2D eigenvalue weighted by Gasteiger charge is -2.32. The lowest BCUT2D eigenvalue weighted by molar-refractivity contribution is -0.117. The van der Waals surface area contributed by atoms with Gasteiger partial charge in [0.15, 0.2) is 23.3 Å². The van der Waals surface area contributed by atoms with Gasteiger partial charge in [-0.1, -0.05) is 0 Å². The Morgan fingerprint density at radius 2 is 1.97 bits per heavy atom. The van der Waals surface area contributed by atoms with Crippen LogP contribution in [0.15, 0.2) is 12.1 Å². The molecule has 31 heavy (non-hydrogen) atoms. The molecule has 0 bridgehead atoms. The van der Waals surface area contributed by atoms with Gasteiger partial charge in [-0.2, -0.15) is 0 Å². The first-order valence-corrected chi connectivity index (χ1v) is 10.0. The minimum absolute atomic E-state index is 0.0868. The highest BCUT2D eigenvalue weighted by Gasteiger charge is 2.32. The minimum Gasteiger partial charge on any atom is -0.491 e. The summed E-state index contributed by atoms with van der Waals surface area (Å²) in [7, 11) is 1.83. The third-order valence-corrected chi connectivity index (χ3v) is 5.69. The van der Waals surface area contributed by atoms with Crippen molar-refractivity contribution in [1.29, 1.82) is 0 Å². The van der Waals surface area contributed by atoms with Crippen molar-refractivity contribution in [3.8, 4) is 5.75 Å².